The zero-order valence-electron chi connectivity index (χ0n) is 13.4. The molecule has 2 unspecified atom stereocenters. The van der Waals surface area contributed by atoms with Crippen molar-refractivity contribution in [3.05, 3.63) is 48.6 Å². The van der Waals surface area contributed by atoms with Crippen molar-refractivity contribution >= 4 is 17.5 Å². The summed E-state index contributed by atoms with van der Waals surface area (Å²) in [5.74, 6) is 0.464. The van der Waals surface area contributed by atoms with Crippen molar-refractivity contribution in [1.82, 2.24) is 4.90 Å². The van der Waals surface area contributed by atoms with Crippen molar-refractivity contribution in [1.29, 1.82) is 0 Å². The Balaban J connectivity index is 2.76. The molecular weight excluding hydrogens is 298 g/mol. The Kier molecular flexibility index (Phi) is 8.21. The van der Waals surface area contributed by atoms with Crippen LogP contribution in [0.15, 0.2) is 43.0 Å². The second-order valence-corrected chi connectivity index (χ2v) is 5.98. The summed E-state index contributed by atoms with van der Waals surface area (Å²) in [5, 5.41) is 10.5. The monoisotopic (exact) mass is 323 g/mol. The van der Waals surface area contributed by atoms with E-state index in [0.717, 1.165) is 18.4 Å². The van der Waals surface area contributed by atoms with Gasteiger partial charge in [-0.25, -0.2) is 0 Å². The number of rotatable bonds is 9. The molecule has 0 radical (unpaired) electrons. The molecule has 1 N–H and O–H groups in total. The van der Waals surface area contributed by atoms with Gasteiger partial charge in [-0.05, 0) is 31.7 Å². The molecule has 1 aromatic rings. The Labute approximate surface area is 138 Å². The van der Waals surface area contributed by atoms with E-state index >= 15 is 0 Å². The molecule has 0 heterocycles. The second kappa shape index (κ2) is 9.65. The number of amides is 1. The first kappa shape index (κ1) is 18.7. The highest BCUT2D eigenvalue weighted by Gasteiger charge is 2.28. The van der Waals surface area contributed by atoms with Crippen molar-refractivity contribution in [3.63, 3.8) is 0 Å². The standard InChI is InChI=1S/C18H26ClNO2/c1-4-9-16(12-8-13-19)18(22)20(3)14(2)17(21)15-10-6-5-7-11-15/h4-7,10-11,14,16-17,21H,1,8-9,12-13H2,2-3H3/t14?,16-,17?/m1/s1. The quantitative estimate of drug-likeness (QED) is 0.555. The molecule has 0 bridgehead atoms. The number of aliphatic hydroxyl groups excluding tert-OH is 1. The van der Waals surface area contributed by atoms with Crippen LogP contribution in [0.25, 0.3) is 0 Å². The summed E-state index contributed by atoms with van der Waals surface area (Å²) in [6, 6.07) is 9.12. The van der Waals surface area contributed by atoms with Crippen LogP contribution in [0.1, 0.15) is 37.9 Å². The lowest BCUT2D eigenvalue weighted by Crippen LogP contribution is -2.42. The molecule has 122 valence electrons. The minimum Gasteiger partial charge on any atom is -0.386 e. The van der Waals surface area contributed by atoms with Crippen LogP contribution in [0, 0.1) is 5.92 Å². The topological polar surface area (TPSA) is 40.5 Å². The maximum Gasteiger partial charge on any atom is 0.226 e. The van der Waals surface area contributed by atoms with E-state index in [-0.39, 0.29) is 17.9 Å². The van der Waals surface area contributed by atoms with Gasteiger partial charge in [-0.1, -0.05) is 36.4 Å². The summed E-state index contributed by atoms with van der Waals surface area (Å²) in [5.41, 5.74) is 0.815. The van der Waals surface area contributed by atoms with Crippen molar-refractivity contribution in [2.45, 2.75) is 38.3 Å². The van der Waals surface area contributed by atoms with Crippen LogP contribution in [-0.2, 0) is 4.79 Å². The average Bonchev–Trinajstić information content (AvgIpc) is 2.56. The van der Waals surface area contributed by atoms with E-state index in [0.29, 0.717) is 12.3 Å². The molecule has 0 spiro atoms. The Morgan fingerprint density at radius 2 is 2.05 bits per heavy atom. The van der Waals surface area contributed by atoms with Gasteiger partial charge >= 0.3 is 0 Å². The molecule has 22 heavy (non-hydrogen) atoms. The molecule has 0 saturated carbocycles. The van der Waals surface area contributed by atoms with Gasteiger partial charge in [0.25, 0.3) is 0 Å². The summed E-state index contributed by atoms with van der Waals surface area (Å²) in [7, 11) is 1.75. The number of allylic oxidation sites excluding steroid dienone is 1. The third-order valence-corrected chi connectivity index (χ3v) is 4.31. The molecule has 3 atom stereocenters. The number of carbonyl (C=O) groups excluding carboxylic acids is 1. The highest BCUT2D eigenvalue weighted by Crippen LogP contribution is 2.23. The summed E-state index contributed by atoms with van der Waals surface area (Å²) < 4.78 is 0. The van der Waals surface area contributed by atoms with E-state index in [1.807, 2.05) is 37.3 Å². The molecule has 0 saturated heterocycles. The lowest BCUT2D eigenvalue weighted by Gasteiger charge is -2.32. The van der Waals surface area contributed by atoms with Crippen LogP contribution in [0.4, 0.5) is 0 Å². The SMILES string of the molecule is C=CC[C@H](CCCCl)C(=O)N(C)C(C)C(O)c1ccccc1. The van der Waals surface area contributed by atoms with E-state index < -0.39 is 6.10 Å². The smallest absolute Gasteiger partial charge is 0.226 e. The first-order valence-corrected chi connectivity index (χ1v) is 8.22. The van der Waals surface area contributed by atoms with Gasteiger partial charge in [0.15, 0.2) is 0 Å². The van der Waals surface area contributed by atoms with Gasteiger partial charge in [-0.15, -0.1) is 18.2 Å². The lowest BCUT2D eigenvalue weighted by atomic mass is 9.96. The van der Waals surface area contributed by atoms with E-state index in [2.05, 4.69) is 6.58 Å². The number of halogens is 1. The van der Waals surface area contributed by atoms with E-state index in [4.69, 9.17) is 11.6 Å². The molecule has 1 aromatic carbocycles. The van der Waals surface area contributed by atoms with E-state index in [1.54, 1.807) is 18.0 Å². The van der Waals surface area contributed by atoms with Crippen molar-refractivity contribution < 1.29 is 9.90 Å². The fourth-order valence-electron chi connectivity index (χ4n) is 2.50. The van der Waals surface area contributed by atoms with E-state index in [1.165, 1.54) is 0 Å². The lowest BCUT2D eigenvalue weighted by molar-refractivity contribution is -0.138. The number of carbonyl (C=O) groups is 1. The number of hydrogen-bond donors (Lipinski definition) is 1. The van der Waals surface area contributed by atoms with Gasteiger partial charge in [-0.2, -0.15) is 0 Å². The zero-order valence-corrected chi connectivity index (χ0v) is 14.2. The summed E-state index contributed by atoms with van der Waals surface area (Å²) in [4.78, 5) is 14.3. The van der Waals surface area contributed by atoms with Crippen molar-refractivity contribution in [3.8, 4) is 0 Å². The molecule has 4 heteroatoms. The van der Waals surface area contributed by atoms with Gasteiger partial charge in [0.2, 0.25) is 5.91 Å². The van der Waals surface area contributed by atoms with Gasteiger partial charge in [-0.3, -0.25) is 4.79 Å². The first-order valence-electron chi connectivity index (χ1n) is 7.69. The molecule has 1 rings (SSSR count). The van der Waals surface area contributed by atoms with Crippen LogP contribution >= 0.6 is 11.6 Å². The summed E-state index contributed by atoms with van der Waals surface area (Å²) >= 11 is 5.73. The Morgan fingerprint density at radius 1 is 1.41 bits per heavy atom. The largest absolute Gasteiger partial charge is 0.386 e. The van der Waals surface area contributed by atoms with Crippen LogP contribution in [0.3, 0.4) is 0 Å². The Morgan fingerprint density at radius 3 is 2.59 bits per heavy atom. The van der Waals surface area contributed by atoms with Crippen LogP contribution in [-0.4, -0.2) is 34.9 Å². The molecule has 0 aliphatic carbocycles. The highest BCUT2D eigenvalue weighted by molar-refractivity contribution is 6.17. The number of aliphatic hydroxyl groups is 1. The molecular formula is C18H26ClNO2. The van der Waals surface area contributed by atoms with Crippen LogP contribution in [0.2, 0.25) is 0 Å². The van der Waals surface area contributed by atoms with Crippen LogP contribution in [0.5, 0.6) is 0 Å². The maximum atomic E-state index is 12.6. The Bertz CT molecular complexity index is 463. The number of likely N-dealkylation sites (N-methyl/N-ethyl adjacent to an activating group) is 1. The van der Waals surface area contributed by atoms with E-state index in [9.17, 15) is 9.90 Å². The normalized spacial score (nSPS) is 14.9. The predicted octanol–water partition coefficient (Wildman–Crippen LogP) is 3.78. The average molecular weight is 324 g/mol. The number of benzene rings is 1. The highest BCUT2D eigenvalue weighted by atomic mass is 35.5. The maximum absolute atomic E-state index is 12.6. The fourth-order valence-corrected chi connectivity index (χ4v) is 2.65. The first-order chi connectivity index (χ1) is 10.5. The Hall–Kier alpha value is -1.32. The van der Waals surface area contributed by atoms with Gasteiger partial charge in [0, 0.05) is 18.8 Å². The molecule has 3 nitrogen and oxygen atoms in total. The summed E-state index contributed by atoms with van der Waals surface area (Å²) in [6.07, 6.45) is 3.24. The van der Waals surface area contributed by atoms with Gasteiger partial charge in [0.05, 0.1) is 12.1 Å². The van der Waals surface area contributed by atoms with Crippen LogP contribution < -0.4 is 0 Å². The minimum absolute atomic E-state index is 0.0347. The predicted molar refractivity (Wildman–Crippen MR) is 91.9 cm³/mol. The number of alkyl halides is 1. The zero-order chi connectivity index (χ0) is 16.5. The number of hydrogen-bond acceptors (Lipinski definition) is 2. The molecule has 1 amide bonds. The van der Waals surface area contributed by atoms with Crippen molar-refractivity contribution in [2.24, 2.45) is 5.92 Å². The van der Waals surface area contributed by atoms with Gasteiger partial charge in [0.1, 0.15) is 0 Å². The molecule has 0 fully saturated rings. The van der Waals surface area contributed by atoms with Gasteiger partial charge < -0.3 is 10.0 Å². The number of nitrogens with zero attached hydrogens (tertiary/aromatic N) is 1. The second-order valence-electron chi connectivity index (χ2n) is 5.60. The summed E-state index contributed by atoms with van der Waals surface area (Å²) in [6.45, 7) is 5.59. The third-order valence-electron chi connectivity index (χ3n) is 4.04. The minimum atomic E-state index is -0.701. The molecule has 0 aliphatic rings. The van der Waals surface area contributed by atoms with Crippen molar-refractivity contribution in [2.75, 3.05) is 12.9 Å². The molecule has 0 aromatic heterocycles. The third kappa shape index (κ3) is 5.15. The fraction of sp³-hybridized carbons (Fsp3) is 0.500. The molecule has 0 aliphatic heterocycles.